The van der Waals surface area contributed by atoms with Crippen LogP contribution < -0.4 is 16.0 Å². The molecular formula is C17H16Br2ClN3O3. The maximum absolute atomic E-state index is 12.3. The topological polar surface area (TPSA) is 90.5 Å². The molecule has 138 valence electrons. The van der Waals surface area contributed by atoms with Crippen LogP contribution >= 0.6 is 43.5 Å². The average Bonchev–Trinajstić information content (AvgIpc) is 2.53. The van der Waals surface area contributed by atoms with Gasteiger partial charge in [-0.2, -0.15) is 0 Å². The molecule has 0 spiro atoms. The van der Waals surface area contributed by atoms with E-state index in [1.807, 2.05) is 6.07 Å². The molecule has 0 heterocycles. The first-order valence-corrected chi connectivity index (χ1v) is 9.58. The number of hydrogen-bond acceptors (Lipinski definition) is 3. The van der Waals surface area contributed by atoms with Crippen molar-refractivity contribution < 1.29 is 14.7 Å². The van der Waals surface area contributed by atoms with Crippen LogP contribution in [0.1, 0.15) is 16.8 Å². The monoisotopic (exact) mass is 503 g/mol. The Labute approximate surface area is 172 Å². The number of anilines is 2. The molecule has 0 saturated heterocycles. The molecule has 0 fully saturated rings. The van der Waals surface area contributed by atoms with Gasteiger partial charge in [0.05, 0.1) is 11.3 Å². The number of aliphatic hydroxyl groups excluding tert-OH is 1. The molecule has 2 aromatic rings. The highest BCUT2D eigenvalue weighted by Gasteiger charge is 2.14. The molecule has 0 aromatic heterocycles. The number of hydrogen-bond donors (Lipinski definition) is 4. The Bertz CT molecular complexity index is 798. The normalized spacial score (nSPS) is 10.3. The molecule has 0 bridgehead atoms. The molecule has 0 atom stereocenters. The van der Waals surface area contributed by atoms with Gasteiger partial charge < -0.3 is 21.1 Å². The molecule has 0 aliphatic rings. The summed E-state index contributed by atoms with van der Waals surface area (Å²) in [6.45, 7) is 0.312. The van der Waals surface area contributed by atoms with E-state index in [0.717, 1.165) is 8.95 Å². The van der Waals surface area contributed by atoms with Gasteiger partial charge in [-0.1, -0.05) is 43.5 Å². The quantitative estimate of drug-likeness (QED) is 0.432. The Balaban J connectivity index is 2.13. The summed E-state index contributed by atoms with van der Waals surface area (Å²) in [5.74, 6) is -0.365. The van der Waals surface area contributed by atoms with E-state index in [-0.39, 0.29) is 23.8 Å². The molecule has 4 N–H and O–H groups in total. The van der Waals surface area contributed by atoms with Gasteiger partial charge in [0.1, 0.15) is 0 Å². The SMILES string of the molecule is O=C(Nc1cc(Br)cc(Br)c1)Nc1cc(Cl)ccc1C(=O)NCCCO. The van der Waals surface area contributed by atoms with E-state index in [1.54, 1.807) is 18.2 Å². The third-order valence-electron chi connectivity index (χ3n) is 3.22. The van der Waals surface area contributed by atoms with Crippen molar-refractivity contribution in [3.63, 3.8) is 0 Å². The van der Waals surface area contributed by atoms with E-state index in [2.05, 4.69) is 47.8 Å². The van der Waals surface area contributed by atoms with E-state index < -0.39 is 6.03 Å². The summed E-state index contributed by atoms with van der Waals surface area (Å²) in [5.41, 5.74) is 1.13. The molecule has 0 unspecified atom stereocenters. The summed E-state index contributed by atoms with van der Waals surface area (Å²) in [5, 5.41) is 17.2. The molecule has 26 heavy (non-hydrogen) atoms. The van der Waals surface area contributed by atoms with Crippen molar-refractivity contribution in [3.05, 3.63) is 55.9 Å². The number of amides is 3. The van der Waals surface area contributed by atoms with Crippen LogP contribution in [0.5, 0.6) is 0 Å². The molecule has 0 radical (unpaired) electrons. The fourth-order valence-corrected chi connectivity index (χ4v) is 3.57. The number of rotatable bonds is 6. The van der Waals surface area contributed by atoms with Crippen LogP contribution in [-0.4, -0.2) is 30.2 Å². The largest absolute Gasteiger partial charge is 0.396 e. The zero-order chi connectivity index (χ0) is 19.1. The Kier molecular flexibility index (Phi) is 7.89. The summed E-state index contributed by atoms with van der Waals surface area (Å²) in [6.07, 6.45) is 0.445. The number of carbonyl (C=O) groups excluding carboxylic acids is 2. The second-order valence-corrected chi connectivity index (χ2v) is 7.53. The number of carbonyl (C=O) groups is 2. The minimum absolute atomic E-state index is 0.0173. The number of aliphatic hydroxyl groups is 1. The second-order valence-electron chi connectivity index (χ2n) is 5.26. The van der Waals surface area contributed by atoms with E-state index >= 15 is 0 Å². The predicted octanol–water partition coefficient (Wildman–Crippen LogP) is 4.62. The lowest BCUT2D eigenvalue weighted by Gasteiger charge is -2.13. The van der Waals surface area contributed by atoms with Crippen molar-refractivity contribution in [2.45, 2.75) is 6.42 Å². The third-order valence-corrected chi connectivity index (χ3v) is 4.37. The van der Waals surface area contributed by atoms with Crippen LogP contribution in [0.3, 0.4) is 0 Å². The lowest BCUT2D eigenvalue weighted by molar-refractivity contribution is 0.0952. The fourth-order valence-electron chi connectivity index (χ4n) is 2.10. The zero-order valence-electron chi connectivity index (χ0n) is 13.5. The Morgan fingerprint density at radius 2 is 1.73 bits per heavy atom. The predicted molar refractivity (Wildman–Crippen MR) is 110 cm³/mol. The first kappa shape index (κ1) is 20.7. The van der Waals surface area contributed by atoms with Gasteiger partial charge in [-0.15, -0.1) is 0 Å². The summed E-state index contributed by atoms with van der Waals surface area (Å²) in [7, 11) is 0. The van der Waals surface area contributed by atoms with Crippen molar-refractivity contribution in [2.75, 3.05) is 23.8 Å². The molecule has 6 nitrogen and oxygen atoms in total. The molecule has 0 saturated carbocycles. The van der Waals surface area contributed by atoms with Crippen molar-refractivity contribution in [1.82, 2.24) is 5.32 Å². The summed E-state index contributed by atoms with van der Waals surface area (Å²) in [6, 6.07) is 9.41. The van der Waals surface area contributed by atoms with Crippen LogP contribution in [0.4, 0.5) is 16.2 Å². The number of nitrogens with one attached hydrogen (secondary N) is 3. The van der Waals surface area contributed by atoms with E-state index in [0.29, 0.717) is 23.7 Å². The minimum atomic E-state index is -0.512. The average molecular weight is 506 g/mol. The highest BCUT2D eigenvalue weighted by Crippen LogP contribution is 2.24. The van der Waals surface area contributed by atoms with Crippen LogP contribution in [0, 0.1) is 0 Å². The van der Waals surface area contributed by atoms with E-state index in [1.165, 1.54) is 12.1 Å². The first-order valence-electron chi connectivity index (χ1n) is 7.62. The second kappa shape index (κ2) is 9.91. The lowest BCUT2D eigenvalue weighted by atomic mass is 10.1. The minimum Gasteiger partial charge on any atom is -0.396 e. The number of benzene rings is 2. The molecular weight excluding hydrogens is 489 g/mol. The highest BCUT2D eigenvalue weighted by atomic mass is 79.9. The van der Waals surface area contributed by atoms with E-state index in [4.69, 9.17) is 16.7 Å². The maximum Gasteiger partial charge on any atom is 0.323 e. The Morgan fingerprint density at radius 3 is 2.38 bits per heavy atom. The van der Waals surface area contributed by atoms with Crippen LogP contribution in [-0.2, 0) is 0 Å². The van der Waals surface area contributed by atoms with Crippen molar-refractivity contribution in [1.29, 1.82) is 0 Å². The van der Waals surface area contributed by atoms with Crippen LogP contribution in [0.2, 0.25) is 5.02 Å². The Hall–Kier alpha value is -1.61. The molecule has 9 heteroatoms. The summed E-state index contributed by atoms with van der Waals surface area (Å²) in [4.78, 5) is 24.6. The van der Waals surface area contributed by atoms with Crippen LogP contribution in [0.25, 0.3) is 0 Å². The third kappa shape index (κ3) is 6.28. The van der Waals surface area contributed by atoms with Gasteiger partial charge >= 0.3 is 6.03 Å². The van der Waals surface area contributed by atoms with Gasteiger partial charge in [0.15, 0.2) is 0 Å². The Morgan fingerprint density at radius 1 is 1.04 bits per heavy atom. The lowest BCUT2D eigenvalue weighted by Crippen LogP contribution is -2.27. The van der Waals surface area contributed by atoms with Gasteiger partial charge in [-0.25, -0.2) is 4.79 Å². The van der Waals surface area contributed by atoms with Crippen molar-refractivity contribution in [3.8, 4) is 0 Å². The molecule has 0 aliphatic heterocycles. The molecule has 3 amide bonds. The number of urea groups is 1. The molecule has 0 aliphatic carbocycles. The van der Waals surface area contributed by atoms with Gasteiger partial charge in [-0.05, 0) is 42.8 Å². The number of halogens is 3. The summed E-state index contributed by atoms with van der Waals surface area (Å²) < 4.78 is 1.60. The van der Waals surface area contributed by atoms with Gasteiger partial charge in [0, 0.05) is 32.8 Å². The first-order chi connectivity index (χ1) is 12.4. The van der Waals surface area contributed by atoms with Crippen molar-refractivity contribution in [2.24, 2.45) is 0 Å². The van der Waals surface area contributed by atoms with Crippen LogP contribution in [0.15, 0.2) is 45.3 Å². The smallest absolute Gasteiger partial charge is 0.323 e. The van der Waals surface area contributed by atoms with Gasteiger partial charge in [0.2, 0.25) is 0 Å². The van der Waals surface area contributed by atoms with Gasteiger partial charge in [-0.3, -0.25) is 4.79 Å². The highest BCUT2D eigenvalue weighted by molar-refractivity contribution is 9.11. The zero-order valence-corrected chi connectivity index (χ0v) is 17.4. The standard InChI is InChI=1S/C17H16Br2ClN3O3/c18-10-6-11(19)8-13(7-10)22-17(26)23-15-9-12(20)2-3-14(15)16(25)21-4-1-5-24/h2-3,6-9,24H,1,4-5H2,(H,21,25)(H2,22,23,26). The maximum atomic E-state index is 12.3. The van der Waals surface area contributed by atoms with Crippen molar-refractivity contribution >= 4 is 66.8 Å². The van der Waals surface area contributed by atoms with Gasteiger partial charge in [0.25, 0.3) is 5.91 Å². The summed E-state index contributed by atoms with van der Waals surface area (Å²) >= 11 is 12.7. The molecule has 2 rings (SSSR count). The molecule has 2 aromatic carbocycles. The van der Waals surface area contributed by atoms with E-state index in [9.17, 15) is 9.59 Å². The fraction of sp³-hybridized carbons (Fsp3) is 0.176.